The SMILES string of the molecule is Cc1ccc2c(NCCc3ccc(Cl)cc3)nccc2c1[N+](=O)[O-]. The van der Waals surface area contributed by atoms with Gasteiger partial charge >= 0.3 is 0 Å². The highest BCUT2D eigenvalue weighted by molar-refractivity contribution is 6.30. The third-order valence-corrected chi connectivity index (χ3v) is 4.17. The largest absolute Gasteiger partial charge is 0.369 e. The van der Waals surface area contributed by atoms with Crippen molar-refractivity contribution in [1.82, 2.24) is 4.98 Å². The van der Waals surface area contributed by atoms with Gasteiger partial charge in [-0.05, 0) is 43.2 Å². The van der Waals surface area contributed by atoms with Gasteiger partial charge in [-0.25, -0.2) is 4.98 Å². The normalized spacial score (nSPS) is 10.8. The number of aryl methyl sites for hydroxylation is 1. The molecular formula is C18H16ClN3O2. The summed E-state index contributed by atoms with van der Waals surface area (Å²) in [5.74, 6) is 0.657. The quantitative estimate of drug-likeness (QED) is 0.536. The number of nitrogens with one attached hydrogen (secondary N) is 1. The van der Waals surface area contributed by atoms with Gasteiger partial charge in [0.25, 0.3) is 5.69 Å². The molecule has 0 saturated heterocycles. The second-order valence-electron chi connectivity index (χ2n) is 5.55. The Kier molecular flexibility index (Phi) is 4.62. The molecule has 0 bridgehead atoms. The molecule has 0 fully saturated rings. The Morgan fingerprint density at radius 1 is 1.12 bits per heavy atom. The summed E-state index contributed by atoms with van der Waals surface area (Å²) in [6, 6.07) is 13.0. The Labute approximate surface area is 144 Å². The Morgan fingerprint density at radius 2 is 1.88 bits per heavy atom. The van der Waals surface area contributed by atoms with E-state index in [1.165, 1.54) is 0 Å². The second-order valence-corrected chi connectivity index (χ2v) is 5.98. The van der Waals surface area contributed by atoms with Gasteiger partial charge in [-0.2, -0.15) is 0 Å². The van der Waals surface area contributed by atoms with Gasteiger partial charge in [0.2, 0.25) is 0 Å². The summed E-state index contributed by atoms with van der Waals surface area (Å²) in [6.07, 6.45) is 2.41. The number of hydrogen-bond donors (Lipinski definition) is 1. The van der Waals surface area contributed by atoms with E-state index < -0.39 is 0 Å². The van der Waals surface area contributed by atoms with Gasteiger partial charge in [0.05, 0.1) is 10.3 Å². The van der Waals surface area contributed by atoms with Gasteiger partial charge in [-0.3, -0.25) is 10.1 Å². The Balaban J connectivity index is 1.83. The number of nitrogens with zero attached hydrogens (tertiary/aromatic N) is 2. The first-order chi connectivity index (χ1) is 11.6. The Bertz CT molecular complexity index is 895. The lowest BCUT2D eigenvalue weighted by molar-refractivity contribution is -0.383. The molecule has 2 aromatic carbocycles. The van der Waals surface area contributed by atoms with Crippen LogP contribution in [0, 0.1) is 17.0 Å². The van der Waals surface area contributed by atoms with Crippen LogP contribution in [0.25, 0.3) is 10.8 Å². The molecular weight excluding hydrogens is 326 g/mol. The molecule has 0 saturated carbocycles. The van der Waals surface area contributed by atoms with Gasteiger partial charge in [0.15, 0.2) is 0 Å². The maximum absolute atomic E-state index is 11.3. The van der Waals surface area contributed by atoms with Crippen molar-refractivity contribution < 1.29 is 4.92 Å². The van der Waals surface area contributed by atoms with E-state index in [0.29, 0.717) is 28.3 Å². The van der Waals surface area contributed by atoms with Crippen LogP contribution in [0.3, 0.4) is 0 Å². The molecule has 0 unspecified atom stereocenters. The Hall–Kier alpha value is -2.66. The molecule has 6 heteroatoms. The number of pyridine rings is 1. The van der Waals surface area contributed by atoms with Crippen LogP contribution in [0.4, 0.5) is 11.5 Å². The van der Waals surface area contributed by atoms with Crippen LogP contribution in [0.15, 0.2) is 48.7 Å². The summed E-state index contributed by atoms with van der Waals surface area (Å²) in [5, 5.41) is 16.7. The average Bonchev–Trinajstić information content (AvgIpc) is 2.56. The van der Waals surface area contributed by atoms with E-state index in [2.05, 4.69) is 10.3 Å². The van der Waals surface area contributed by atoms with E-state index in [1.807, 2.05) is 30.3 Å². The molecule has 0 aliphatic heterocycles. The molecule has 0 spiro atoms. The molecule has 24 heavy (non-hydrogen) atoms. The molecule has 0 aliphatic carbocycles. The highest BCUT2D eigenvalue weighted by Gasteiger charge is 2.17. The molecule has 0 aliphatic rings. The van der Waals surface area contributed by atoms with Crippen molar-refractivity contribution in [2.24, 2.45) is 0 Å². The predicted octanol–water partition coefficient (Wildman–Crippen LogP) is 4.76. The molecule has 3 aromatic rings. The minimum absolute atomic E-state index is 0.135. The van der Waals surface area contributed by atoms with E-state index in [1.54, 1.807) is 25.3 Å². The van der Waals surface area contributed by atoms with Crippen molar-refractivity contribution >= 4 is 33.9 Å². The lowest BCUT2D eigenvalue weighted by atomic mass is 10.1. The first-order valence-corrected chi connectivity index (χ1v) is 7.95. The smallest absolute Gasteiger partial charge is 0.280 e. The fourth-order valence-corrected chi connectivity index (χ4v) is 2.83. The minimum Gasteiger partial charge on any atom is -0.369 e. The van der Waals surface area contributed by atoms with Crippen LogP contribution in [-0.4, -0.2) is 16.5 Å². The summed E-state index contributed by atoms with van der Waals surface area (Å²) >= 11 is 5.88. The molecule has 1 N–H and O–H groups in total. The summed E-state index contributed by atoms with van der Waals surface area (Å²) in [6.45, 7) is 2.42. The number of hydrogen-bond acceptors (Lipinski definition) is 4. The minimum atomic E-state index is -0.338. The van der Waals surface area contributed by atoms with Crippen LogP contribution in [0.1, 0.15) is 11.1 Å². The van der Waals surface area contributed by atoms with Gasteiger partial charge in [0, 0.05) is 28.7 Å². The second kappa shape index (κ2) is 6.84. The first-order valence-electron chi connectivity index (χ1n) is 7.57. The van der Waals surface area contributed by atoms with Crippen LogP contribution in [0.5, 0.6) is 0 Å². The summed E-state index contributed by atoms with van der Waals surface area (Å²) in [5.41, 5.74) is 1.94. The van der Waals surface area contributed by atoms with Crippen LogP contribution in [0.2, 0.25) is 5.02 Å². The van der Waals surface area contributed by atoms with Crippen molar-refractivity contribution in [3.05, 3.63) is 74.9 Å². The van der Waals surface area contributed by atoms with Crippen molar-refractivity contribution in [1.29, 1.82) is 0 Å². The highest BCUT2D eigenvalue weighted by atomic mass is 35.5. The molecule has 0 radical (unpaired) electrons. The van der Waals surface area contributed by atoms with E-state index >= 15 is 0 Å². The van der Waals surface area contributed by atoms with Crippen LogP contribution >= 0.6 is 11.6 Å². The van der Waals surface area contributed by atoms with Crippen molar-refractivity contribution in [3.63, 3.8) is 0 Å². The standard InChI is InChI=1S/C18H16ClN3O2/c1-12-2-7-16-15(17(12)22(23)24)9-11-21-18(16)20-10-8-13-3-5-14(19)6-4-13/h2-7,9,11H,8,10H2,1H3,(H,20,21). The monoisotopic (exact) mass is 341 g/mol. The highest BCUT2D eigenvalue weighted by Crippen LogP contribution is 2.32. The number of rotatable bonds is 5. The number of aromatic nitrogens is 1. The van der Waals surface area contributed by atoms with Crippen LogP contribution in [-0.2, 0) is 6.42 Å². The molecule has 3 rings (SSSR count). The molecule has 5 nitrogen and oxygen atoms in total. The van der Waals surface area contributed by atoms with E-state index in [4.69, 9.17) is 11.6 Å². The predicted molar refractivity (Wildman–Crippen MR) is 96.8 cm³/mol. The number of nitro benzene ring substituents is 1. The maximum atomic E-state index is 11.3. The molecule has 0 atom stereocenters. The van der Waals surface area contributed by atoms with Gasteiger partial charge in [-0.1, -0.05) is 29.8 Å². The van der Waals surface area contributed by atoms with Crippen molar-refractivity contribution in [2.45, 2.75) is 13.3 Å². The number of anilines is 1. The average molecular weight is 342 g/mol. The van der Waals surface area contributed by atoms with E-state index in [0.717, 1.165) is 17.4 Å². The van der Waals surface area contributed by atoms with Gasteiger partial charge < -0.3 is 5.32 Å². The third-order valence-electron chi connectivity index (χ3n) is 3.92. The maximum Gasteiger partial charge on any atom is 0.280 e. The molecule has 1 heterocycles. The fraction of sp³-hybridized carbons (Fsp3) is 0.167. The van der Waals surface area contributed by atoms with Gasteiger partial charge in [0.1, 0.15) is 5.82 Å². The Morgan fingerprint density at radius 3 is 2.58 bits per heavy atom. The number of fused-ring (bicyclic) bond motifs is 1. The lowest BCUT2D eigenvalue weighted by Crippen LogP contribution is -2.07. The molecule has 0 amide bonds. The fourth-order valence-electron chi connectivity index (χ4n) is 2.71. The third kappa shape index (κ3) is 3.31. The van der Waals surface area contributed by atoms with Gasteiger partial charge in [-0.15, -0.1) is 0 Å². The zero-order valence-electron chi connectivity index (χ0n) is 13.1. The van der Waals surface area contributed by atoms with Crippen molar-refractivity contribution in [3.8, 4) is 0 Å². The summed E-state index contributed by atoms with van der Waals surface area (Å²) in [7, 11) is 0. The lowest BCUT2D eigenvalue weighted by Gasteiger charge is -2.10. The summed E-state index contributed by atoms with van der Waals surface area (Å²) < 4.78 is 0. The number of benzene rings is 2. The summed E-state index contributed by atoms with van der Waals surface area (Å²) in [4.78, 5) is 15.3. The first kappa shape index (κ1) is 16.2. The van der Waals surface area contributed by atoms with Crippen molar-refractivity contribution in [2.75, 3.05) is 11.9 Å². The number of halogens is 1. The molecule has 122 valence electrons. The van der Waals surface area contributed by atoms with E-state index in [-0.39, 0.29) is 10.6 Å². The topological polar surface area (TPSA) is 68.1 Å². The van der Waals surface area contributed by atoms with Crippen LogP contribution < -0.4 is 5.32 Å². The van der Waals surface area contributed by atoms with E-state index in [9.17, 15) is 10.1 Å². The number of nitro groups is 1. The molecule has 1 aromatic heterocycles. The zero-order chi connectivity index (χ0) is 17.1. The zero-order valence-corrected chi connectivity index (χ0v) is 13.9.